The zero-order valence-electron chi connectivity index (χ0n) is 11.1. The number of amides is 1. The molecule has 0 saturated heterocycles. The van der Waals surface area contributed by atoms with Crippen molar-refractivity contribution in [1.82, 2.24) is 10.3 Å². The van der Waals surface area contributed by atoms with Gasteiger partial charge < -0.3 is 20.5 Å². The maximum Gasteiger partial charge on any atom is 0.407 e. The summed E-state index contributed by atoms with van der Waals surface area (Å²) in [6, 6.07) is 1.65. The predicted octanol–water partition coefficient (Wildman–Crippen LogP) is 1.70. The Morgan fingerprint density at radius 1 is 1.50 bits per heavy atom. The third kappa shape index (κ3) is 4.48. The van der Waals surface area contributed by atoms with E-state index in [-0.39, 0.29) is 6.54 Å². The van der Waals surface area contributed by atoms with Crippen molar-refractivity contribution in [3.05, 3.63) is 18.0 Å². The van der Waals surface area contributed by atoms with Gasteiger partial charge in [-0.1, -0.05) is 0 Å². The smallest absolute Gasteiger partial charge is 0.407 e. The van der Waals surface area contributed by atoms with Crippen molar-refractivity contribution in [2.24, 2.45) is 0 Å². The molecule has 1 aromatic rings. The second-order valence-corrected chi connectivity index (χ2v) is 4.77. The summed E-state index contributed by atoms with van der Waals surface area (Å²) < 4.78 is 10.2. The first-order valence-corrected chi connectivity index (χ1v) is 5.57. The van der Waals surface area contributed by atoms with Crippen LogP contribution in [0.3, 0.4) is 0 Å². The van der Waals surface area contributed by atoms with Crippen molar-refractivity contribution in [2.45, 2.75) is 32.9 Å². The average molecular weight is 253 g/mol. The lowest BCUT2D eigenvalue weighted by atomic mass is 10.2. The number of pyridine rings is 1. The Hall–Kier alpha value is -1.98. The van der Waals surface area contributed by atoms with Crippen LogP contribution in [0.2, 0.25) is 0 Å². The van der Waals surface area contributed by atoms with E-state index in [2.05, 4.69) is 10.3 Å². The molecule has 6 heteroatoms. The van der Waals surface area contributed by atoms with E-state index >= 15 is 0 Å². The molecule has 1 rings (SSSR count). The Morgan fingerprint density at radius 2 is 2.17 bits per heavy atom. The summed E-state index contributed by atoms with van der Waals surface area (Å²) >= 11 is 0. The fourth-order valence-electron chi connectivity index (χ4n) is 1.27. The van der Waals surface area contributed by atoms with E-state index in [9.17, 15) is 4.79 Å². The van der Waals surface area contributed by atoms with Gasteiger partial charge in [-0.05, 0) is 20.8 Å². The number of anilines is 1. The van der Waals surface area contributed by atoms with Gasteiger partial charge in [0.15, 0.2) is 0 Å². The molecule has 100 valence electrons. The summed E-state index contributed by atoms with van der Waals surface area (Å²) in [4.78, 5) is 15.6. The van der Waals surface area contributed by atoms with Gasteiger partial charge in [0.25, 0.3) is 0 Å². The zero-order valence-corrected chi connectivity index (χ0v) is 11.1. The molecule has 0 aliphatic carbocycles. The predicted molar refractivity (Wildman–Crippen MR) is 68.3 cm³/mol. The SMILES string of the molecule is COc1cc(N)cnc1CNC(=O)OC(C)(C)C. The van der Waals surface area contributed by atoms with E-state index in [1.165, 1.54) is 13.3 Å². The van der Waals surface area contributed by atoms with Gasteiger partial charge in [-0.25, -0.2) is 4.79 Å². The Labute approximate surface area is 106 Å². The first-order chi connectivity index (χ1) is 8.31. The number of nitrogens with two attached hydrogens (primary N) is 1. The van der Waals surface area contributed by atoms with E-state index in [1.54, 1.807) is 26.8 Å². The Bertz CT molecular complexity index is 427. The molecule has 1 amide bonds. The molecule has 1 heterocycles. The summed E-state index contributed by atoms with van der Waals surface area (Å²) in [5, 5.41) is 2.61. The fourth-order valence-corrected chi connectivity index (χ4v) is 1.27. The topological polar surface area (TPSA) is 86.5 Å². The van der Waals surface area contributed by atoms with Crippen molar-refractivity contribution < 1.29 is 14.3 Å². The number of nitrogens with one attached hydrogen (secondary N) is 1. The molecule has 0 radical (unpaired) electrons. The van der Waals surface area contributed by atoms with Crippen molar-refractivity contribution in [3.63, 3.8) is 0 Å². The highest BCUT2D eigenvalue weighted by Gasteiger charge is 2.16. The summed E-state index contributed by atoms with van der Waals surface area (Å²) in [6.45, 7) is 5.62. The first-order valence-electron chi connectivity index (χ1n) is 5.57. The largest absolute Gasteiger partial charge is 0.495 e. The second-order valence-electron chi connectivity index (χ2n) is 4.77. The molecular formula is C12H19N3O3. The lowest BCUT2D eigenvalue weighted by Gasteiger charge is -2.19. The summed E-state index contributed by atoms with van der Waals surface area (Å²) in [5.41, 5.74) is 6.16. The lowest BCUT2D eigenvalue weighted by Crippen LogP contribution is -2.32. The summed E-state index contributed by atoms with van der Waals surface area (Å²) in [6.07, 6.45) is 1.01. The molecule has 0 unspecified atom stereocenters. The minimum atomic E-state index is -0.525. The number of nitrogens with zero attached hydrogens (tertiary/aromatic N) is 1. The normalized spacial score (nSPS) is 10.9. The molecule has 0 bridgehead atoms. The van der Waals surface area contributed by atoms with Crippen molar-refractivity contribution in [3.8, 4) is 5.75 Å². The van der Waals surface area contributed by atoms with Gasteiger partial charge in [0, 0.05) is 6.07 Å². The van der Waals surface area contributed by atoms with Gasteiger partial charge in [0.1, 0.15) is 17.0 Å². The van der Waals surface area contributed by atoms with Crippen LogP contribution in [0.15, 0.2) is 12.3 Å². The van der Waals surface area contributed by atoms with Gasteiger partial charge in [0.05, 0.1) is 25.5 Å². The maximum atomic E-state index is 11.5. The maximum absolute atomic E-state index is 11.5. The van der Waals surface area contributed by atoms with E-state index in [1.807, 2.05) is 0 Å². The number of hydrogen-bond donors (Lipinski definition) is 2. The number of carbonyl (C=O) groups is 1. The molecular weight excluding hydrogens is 234 g/mol. The number of aromatic nitrogens is 1. The van der Waals surface area contributed by atoms with Gasteiger partial charge in [-0.2, -0.15) is 0 Å². The molecule has 3 N–H and O–H groups in total. The highest BCUT2D eigenvalue weighted by molar-refractivity contribution is 5.67. The third-order valence-electron chi connectivity index (χ3n) is 1.97. The van der Waals surface area contributed by atoms with E-state index in [0.717, 1.165) is 0 Å². The second kappa shape index (κ2) is 5.57. The van der Waals surface area contributed by atoms with Gasteiger partial charge in [-0.15, -0.1) is 0 Å². The standard InChI is InChI=1S/C12H19N3O3/c1-12(2,3)18-11(16)15-7-9-10(17-4)5-8(13)6-14-9/h5-6H,7,13H2,1-4H3,(H,15,16). The summed E-state index contributed by atoms with van der Waals surface area (Å²) in [7, 11) is 1.52. The molecule has 0 atom stereocenters. The van der Waals surface area contributed by atoms with Crippen LogP contribution in [-0.4, -0.2) is 23.8 Å². The molecule has 6 nitrogen and oxygen atoms in total. The van der Waals surface area contributed by atoms with Gasteiger partial charge in [-0.3, -0.25) is 4.98 Å². The minimum absolute atomic E-state index is 0.221. The number of alkyl carbamates (subject to hydrolysis) is 1. The minimum Gasteiger partial charge on any atom is -0.495 e. The van der Waals surface area contributed by atoms with Crippen molar-refractivity contribution >= 4 is 11.8 Å². The number of rotatable bonds is 3. The molecule has 0 fully saturated rings. The van der Waals surface area contributed by atoms with Crippen LogP contribution < -0.4 is 15.8 Å². The fraction of sp³-hybridized carbons (Fsp3) is 0.500. The summed E-state index contributed by atoms with van der Waals surface area (Å²) in [5.74, 6) is 0.533. The molecule has 0 aliphatic rings. The quantitative estimate of drug-likeness (QED) is 0.856. The van der Waals surface area contributed by atoms with Crippen LogP contribution in [0.5, 0.6) is 5.75 Å². The van der Waals surface area contributed by atoms with Crippen LogP contribution in [-0.2, 0) is 11.3 Å². The Balaban J connectivity index is 2.61. The van der Waals surface area contributed by atoms with E-state index in [4.69, 9.17) is 15.2 Å². The Kier molecular flexibility index (Phi) is 4.36. The monoisotopic (exact) mass is 253 g/mol. The molecule has 0 spiro atoms. The van der Waals surface area contributed by atoms with Crippen LogP contribution in [0.1, 0.15) is 26.5 Å². The highest BCUT2D eigenvalue weighted by Crippen LogP contribution is 2.18. The first kappa shape index (κ1) is 14.1. The number of nitrogen functional groups attached to an aromatic ring is 1. The molecule has 1 aromatic heterocycles. The van der Waals surface area contributed by atoms with E-state index < -0.39 is 11.7 Å². The van der Waals surface area contributed by atoms with Crippen molar-refractivity contribution in [2.75, 3.05) is 12.8 Å². The van der Waals surface area contributed by atoms with Crippen LogP contribution >= 0.6 is 0 Å². The number of ether oxygens (including phenoxy) is 2. The zero-order chi connectivity index (χ0) is 13.8. The van der Waals surface area contributed by atoms with Crippen molar-refractivity contribution in [1.29, 1.82) is 0 Å². The van der Waals surface area contributed by atoms with E-state index in [0.29, 0.717) is 17.1 Å². The van der Waals surface area contributed by atoms with Gasteiger partial charge in [0.2, 0.25) is 0 Å². The number of carbonyl (C=O) groups excluding carboxylic acids is 1. The number of hydrogen-bond acceptors (Lipinski definition) is 5. The average Bonchev–Trinajstić information content (AvgIpc) is 2.24. The molecule has 18 heavy (non-hydrogen) atoms. The lowest BCUT2D eigenvalue weighted by molar-refractivity contribution is 0.0522. The number of methoxy groups -OCH3 is 1. The Morgan fingerprint density at radius 3 is 2.72 bits per heavy atom. The highest BCUT2D eigenvalue weighted by atomic mass is 16.6. The molecule has 0 aliphatic heterocycles. The third-order valence-corrected chi connectivity index (χ3v) is 1.97. The van der Waals surface area contributed by atoms with Gasteiger partial charge >= 0.3 is 6.09 Å². The van der Waals surface area contributed by atoms with Crippen LogP contribution in [0, 0.1) is 0 Å². The van der Waals surface area contributed by atoms with Crippen LogP contribution in [0.25, 0.3) is 0 Å². The molecule has 0 saturated carbocycles. The molecule has 0 aromatic carbocycles. The van der Waals surface area contributed by atoms with Crippen LogP contribution in [0.4, 0.5) is 10.5 Å².